The largest absolute Gasteiger partial charge is 0.480 e. The molecule has 7 heteroatoms. The van der Waals surface area contributed by atoms with Crippen molar-refractivity contribution in [1.29, 1.82) is 0 Å². The number of amides is 1. The van der Waals surface area contributed by atoms with Crippen molar-refractivity contribution in [3.63, 3.8) is 0 Å². The van der Waals surface area contributed by atoms with Crippen LogP contribution in [0.3, 0.4) is 0 Å². The number of nitrogens with zero attached hydrogens (tertiary/aromatic N) is 1. The van der Waals surface area contributed by atoms with Crippen molar-refractivity contribution in [2.75, 3.05) is 18.5 Å². The fraction of sp³-hybridized carbons (Fsp3) is 0.273. The molecule has 0 saturated carbocycles. The van der Waals surface area contributed by atoms with Crippen LogP contribution in [0, 0.1) is 5.82 Å². The van der Waals surface area contributed by atoms with Crippen LogP contribution in [-0.2, 0) is 26.3 Å². The number of fused-ring (bicyclic) bond motifs is 1. The second kappa shape index (κ2) is 7.67. The third-order valence-corrected chi connectivity index (χ3v) is 5.51. The Bertz CT molecular complexity index is 1050. The van der Waals surface area contributed by atoms with Gasteiger partial charge in [-0.2, -0.15) is 0 Å². The van der Waals surface area contributed by atoms with Crippen LogP contribution in [0.2, 0.25) is 0 Å². The fourth-order valence-corrected chi connectivity index (χ4v) is 3.95. The minimum Gasteiger partial charge on any atom is -0.480 e. The summed E-state index contributed by atoms with van der Waals surface area (Å²) >= 11 is 0. The highest BCUT2D eigenvalue weighted by molar-refractivity contribution is 6.00. The number of nitrogens with one attached hydrogen (secondary N) is 1. The molecule has 3 aromatic rings. The summed E-state index contributed by atoms with van der Waals surface area (Å²) in [5.41, 5.74) is 1.40. The Morgan fingerprint density at radius 2 is 1.83 bits per heavy atom. The number of carboxylic acids is 1. The standard InChI is InChI=1S/C22H21FN2O4/c23-17-3-1-16(2-4-17)22(8-11-29-12-9-22)21(28)24-18-5-6-19-15(13-18)7-10-25(19)14-20(26)27/h1-7,10,13H,8-9,11-12,14H2,(H,24,28)(H,26,27). The van der Waals surface area contributed by atoms with Crippen molar-refractivity contribution >= 4 is 28.5 Å². The predicted molar refractivity (Wildman–Crippen MR) is 106 cm³/mol. The van der Waals surface area contributed by atoms with E-state index in [1.165, 1.54) is 12.1 Å². The molecule has 0 unspecified atom stereocenters. The van der Waals surface area contributed by atoms with Gasteiger partial charge in [-0.25, -0.2) is 4.39 Å². The summed E-state index contributed by atoms with van der Waals surface area (Å²) in [5.74, 6) is -1.41. The zero-order valence-electron chi connectivity index (χ0n) is 15.7. The van der Waals surface area contributed by atoms with Crippen LogP contribution >= 0.6 is 0 Å². The Balaban J connectivity index is 1.62. The molecule has 2 aromatic carbocycles. The predicted octanol–water partition coefficient (Wildman–Crippen LogP) is 3.55. The number of halogens is 1. The van der Waals surface area contributed by atoms with Crippen LogP contribution in [0.5, 0.6) is 0 Å². The van der Waals surface area contributed by atoms with Gasteiger partial charge in [-0.15, -0.1) is 0 Å². The molecular weight excluding hydrogens is 375 g/mol. The smallest absolute Gasteiger partial charge is 0.323 e. The Morgan fingerprint density at radius 1 is 1.10 bits per heavy atom. The summed E-state index contributed by atoms with van der Waals surface area (Å²) in [5, 5.41) is 12.8. The summed E-state index contributed by atoms with van der Waals surface area (Å²) in [6.45, 7) is 0.798. The normalized spacial score (nSPS) is 15.9. The third-order valence-electron chi connectivity index (χ3n) is 5.51. The maximum atomic E-state index is 13.4. The topological polar surface area (TPSA) is 80.6 Å². The number of aliphatic carboxylic acids is 1. The first-order chi connectivity index (χ1) is 14.0. The van der Waals surface area contributed by atoms with Crippen molar-refractivity contribution in [3.05, 3.63) is 66.1 Å². The Kier molecular flexibility index (Phi) is 5.07. The molecule has 1 saturated heterocycles. The van der Waals surface area contributed by atoms with Gasteiger partial charge in [-0.05, 0) is 54.8 Å². The van der Waals surface area contributed by atoms with E-state index in [9.17, 15) is 14.0 Å². The molecule has 2 heterocycles. The molecule has 0 aliphatic carbocycles. The molecule has 0 atom stereocenters. The number of ether oxygens (including phenoxy) is 1. The molecule has 1 aliphatic rings. The number of hydrogen-bond acceptors (Lipinski definition) is 3. The second-order valence-corrected chi connectivity index (χ2v) is 7.27. The molecule has 1 aromatic heterocycles. The van der Waals surface area contributed by atoms with E-state index in [1.54, 1.807) is 35.0 Å². The highest BCUT2D eigenvalue weighted by atomic mass is 19.1. The Labute approximate surface area is 166 Å². The van der Waals surface area contributed by atoms with Crippen LogP contribution in [0.1, 0.15) is 18.4 Å². The first kappa shape index (κ1) is 19.1. The van der Waals surface area contributed by atoms with E-state index >= 15 is 0 Å². The summed E-state index contributed by atoms with van der Waals surface area (Å²) in [7, 11) is 0. The van der Waals surface area contributed by atoms with E-state index < -0.39 is 11.4 Å². The molecule has 4 rings (SSSR count). The van der Waals surface area contributed by atoms with Crippen molar-refractivity contribution in [3.8, 4) is 0 Å². The molecule has 150 valence electrons. The number of benzene rings is 2. The lowest BCUT2D eigenvalue weighted by molar-refractivity contribution is -0.137. The van der Waals surface area contributed by atoms with Gasteiger partial charge in [-0.1, -0.05) is 12.1 Å². The average molecular weight is 396 g/mol. The Morgan fingerprint density at radius 3 is 2.52 bits per heavy atom. The van der Waals surface area contributed by atoms with Gasteiger partial charge >= 0.3 is 5.97 Å². The number of anilines is 1. The van der Waals surface area contributed by atoms with Crippen LogP contribution in [0.4, 0.5) is 10.1 Å². The maximum absolute atomic E-state index is 13.4. The van der Waals surface area contributed by atoms with Crippen molar-refractivity contribution in [2.45, 2.75) is 24.8 Å². The van der Waals surface area contributed by atoms with Crippen LogP contribution in [0.15, 0.2) is 54.7 Å². The van der Waals surface area contributed by atoms with Gasteiger partial charge in [0.05, 0.1) is 5.41 Å². The van der Waals surface area contributed by atoms with Gasteiger partial charge in [0.25, 0.3) is 0 Å². The highest BCUT2D eigenvalue weighted by Crippen LogP contribution is 2.36. The lowest BCUT2D eigenvalue weighted by Crippen LogP contribution is -2.44. The maximum Gasteiger partial charge on any atom is 0.323 e. The molecular formula is C22H21FN2O4. The lowest BCUT2D eigenvalue weighted by atomic mass is 9.73. The summed E-state index contributed by atoms with van der Waals surface area (Å²) in [6.07, 6.45) is 2.74. The summed E-state index contributed by atoms with van der Waals surface area (Å²) < 4.78 is 20.5. The molecule has 0 radical (unpaired) electrons. The highest BCUT2D eigenvalue weighted by Gasteiger charge is 2.41. The van der Waals surface area contributed by atoms with E-state index in [2.05, 4.69) is 5.32 Å². The van der Waals surface area contributed by atoms with Crippen molar-refractivity contribution < 1.29 is 23.8 Å². The van der Waals surface area contributed by atoms with Gasteiger partial charge in [0.15, 0.2) is 0 Å². The zero-order chi connectivity index (χ0) is 20.4. The molecule has 29 heavy (non-hydrogen) atoms. The van der Waals surface area contributed by atoms with Gasteiger partial charge in [-0.3, -0.25) is 9.59 Å². The number of carbonyl (C=O) groups is 2. The second-order valence-electron chi connectivity index (χ2n) is 7.27. The number of aromatic nitrogens is 1. The van der Waals surface area contributed by atoms with E-state index in [-0.39, 0.29) is 18.3 Å². The molecule has 0 spiro atoms. The number of carboxylic acid groups (broad SMARTS) is 1. The van der Waals surface area contributed by atoms with E-state index in [0.29, 0.717) is 31.7 Å². The van der Waals surface area contributed by atoms with E-state index in [1.807, 2.05) is 12.1 Å². The first-order valence-electron chi connectivity index (χ1n) is 9.44. The van der Waals surface area contributed by atoms with E-state index in [4.69, 9.17) is 9.84 Å². The molecule has 2 N–H and O–H groups in total. The minimum atomic E-state index is -0.916. The van der Waals surface area contributed by atoms with Gasteiger partial charge in [0.2, 0.25) is 5.91 Å². The van der Waals surface area contributed by atoms with Crippen LogP contribution < -0.4 is 5.32 Å². The molecule has 6 nitrogen and oxygen atoms in total. The molecule has 0 bridgehead atoms. The number of rotatable bonds is 5. The van der Waals surface area contributed by atoms with Gasteiger partial charge in [0.1, 0.15) is 12.4 Å². The van der Waals surface area contributed by atoms with Crippen molar-refractivity contribution in [2.24, 2.45) is 0 Å². The zero-order valence-corrected chi connectivity index (χ0v) is 15.7. The molecule has 1 aliphatic heterocycles. The summed E-state index contributed by atoms with van der Waals surface area (Å²) in [6, 6.07) is 13.3. The van der Waals surface area contributed by atoms with Crippen LogP contribution in [0.25, 0.3) is 10.9 Å². The Hall–Kier alpha value is -3.19. The molecule has 1 amide bonds. The quantitative estimate of drug-likeness (QED) is 0.691. The van der Waals surface area contributed by atoms with Gasteiger partial charge < -0.3 is 19.7 Å². The fourth-order valence-electron chi connectivity index (χ4n) is 3.95. The van der Waals surface area contributed by atoms with E-state index in [0.717, 1.165) is 16.5 Å². The third kappa shape index (κ3) is 3.73. The summed E-state index contributed by atoms with van der Waals surface area (Å²) in [4.78, 5) is 24.3. The lowest BCUT2D eigenvalue weighted by Gasteiger charge is -2.36. The minimum absolute atomic E-state index is 0.122. The van der Waals surface area contributed by atoms with Crippen LogP contribution in [-0.4, -0.2) is 34.8 Å². The first-order valence-corrected chi connectivity index (χ1v) is 9.44. The monoisotopic (exact) mass is 396 g/mol. The van der Waals surface area contributed by atoms with Crippen molar-refractivity contribution in [1.82, 2.24) is 4.57 Å². The van der Waals surface area contributed by atoms with Gasteiger partial charge in [0, 0.05) is 36.0 Å². The average Bonchev–Trinajstić information content (AvgIpc) is 3.10. The SMILES string of the molecule is O=C(O)Cn1ccc2cc(NC(=O)C3(c4ccc(F)cc4)CCOCC3)ccc21. The molecule has 1 fully saturated rings. The number of hydrogen-bond donors (Lipinski definition) is 2. The number of carbonyl (C=O) groups excluding carboxylic acids is 1.